The summed E-state index contributed by atoms with van der Waals surface area (Å²) < 4.78 is 69.5. The number of amides is 1. The number of carboxylic acids is 2. The van der Waals surface area contributed by atoms with Crippen LogP contribution in [0.2, 0.25) is 0 Å². The predicted octanol–water partition coefficient (Wildman–Crippen LogP) is 2.99. The Bertz CT molecular complexity index is 1090. The van der Waals surface area contributed by atoms with Gasteiger partial charge in [-0.1, -0.05) is 0 Å². The third-order valence-corrected chi connectivity index (χ3v) is 6.58. The number of aryl methyl sites for hydroxylation is 1. The minimum Gasteiger partial charge on any atom is -0.475 e. The summed E-state index contributed by atoms with van der Waals surface area (Å²) in [6, 6.07) is 3.56. The van der Waals surface area contributed by atoms with Crippen LogP contribution >= 0.6 is 11.3 Å². The van der Waals surface area contributed by atoms with E-state index in [0.717, 1.165) is 31.9 Å². The van der Waals surface area contributed by atoms with E-state index in [4.69, 9.17) is 24.5 Å². The van der Waals surface area contributed by atoms with Crippen LogP contribution in [0.5, 0.6) is 0 Å². The smallest absolute Gasteiger partial charge is 0.475 e. The van der Waals surface area contributed by atoms with Crippen molar-refractivity contribution >= 4 is 29.2 Å². The summed E-state index contributed by atoms with van der Waals surface area (Å²) in [6.45, 7) is 6.39. The summed E-state index contributed by atoms with van der Waals surface area (Å²) in [6.07, 6.45) is -6.62. The number of ether oxygens (including phenoxy) is 1. The molecular formula is C22H24F6N4O6S. The molecule has 2 aromatic heterocycles. The number of fused-ring (bicyclic) bond motifs is 1. The summed E-state index contributed by atoms with van der Waals surface area (Å²) in [7, 11) is 0. The van der Waals surface area contributed by atoms with Gasteiger partial charge in [0.2, 0.25) is 0 Å². The van der Waals surface area contributed by atoms with Crippen LogP contribution < -0.4 is 5.32 Å². The molecule has 4 heterocycles. The fourth-order valence-corrected chi connectivity index (χ4v) is 4.54. The summed E-state index contributed by atoms with van der Waals surface area (Å²) in [4.78, 5) is 42.1. The predicted molar refractivity (Wildman–Crippen MR) is 123 cm³/mol. The highest BCUT2D eigenvalue weighted by Crippen LogP contribution is 2.34. The molecule has 2 fully saturated rings. The van der Waals surface area contributed by atoms with Gasteiger partial charge in [-0.05, 0) is 19.1 Å². The maximum Gasteiger partial charge on any atom is 0.490 e. The van der Waals surface area contributed by atoms with Gasteiger partial charge in [0.05, 0.1) is 29.5 Å². The van der Waals surface area contributed by atoms with Crippen molar-refractivity contribution < 1.29 is 55.7 Å². The first kappa shape index (κ1) is 31.9. The van der Waals surface area contributed by atoms with E-state index >= 15 is 0 Å². The zero-order chi connectivity index (χ0) is 29.4. The Kier molecular flexibility index (Phi) is 11.2. The van der Waals surface area contributed by atoms with Crippen LogP contribution in [0.3, 0.4) is 0 Å². The van der Waals surface area contributed by atoms with Crippen molar-refractivity contribution in [3.63, 3.8) is 0 Å². The van der Waals surface area contributed by atoms with Crippen LogP contribution in [-0.2, 0) is 20.9 Å². The molecule has 0 radical (unpaired) electrons. The highest BCUT2D eigenvalue weighted by molar-refractivity contribution is 7.09. The van der Waals surface area contributed by atoms with Crippen LogP contribution in [-0.4, -0.2) is 87.6 Å². The third-order valence-electron chi connectivity index (χ3n) is 5.66. The van der Waals surface area contributed by atoms with Crippen molar-refractivity contribution in [2.45, 2.75) is 31.9 Å². The van der Waals surface area contributed by atoms with Crippen molar-refractivity contribution in [2.24, 2.45) is 11.8 Å². The topological polar surface area (TPSA) is 142 Å². The molecule has 3 atom stereocenters. The molecule has 2 saturated heterocycles. The fourth-order valence-electron chi connectivity index (χ4n) is 3.72. The number of nitrogens with zero attached hydrogens (tertiary/aromatic N) is 3. The Morgan fingerprint density at radius 1 is 1.13 bits per heavy atom. The van der Waals surface area contributed by atoms with Gasteiger partial charge in [0.15, 0.2) is 0 Å². The number of aromatic nitrogens is 2. The van der Waals surface area contributed by atoms with Gasteiger partial charge in [-0.2, -0.15) is 26.3 Å². The van der Waals surface area contributed by atoms with Crippen LogP contribution in [0, 0.1) is 18.8 Å². The monoisotopic (exact) mass is 586 g/mol. The third kappa shape index (κ3) is 10.1. The summed E-state index contributed by atoms with van der Waals surface area (Å²) in [5.74, 6) is -4.72. The molecule has 10 nitrogen and oxygen atoms in total. The second kappa shape index (κ2) is 13.7. The number of likely N-dealkylation sites (tertiary alicyclic amines) is 1. The number of alkyl halides is 6. The van der Waals surface area contributed by atoms with E-state index in [0.29, 0.717) is 23.9 Å². The second-order valence-corrected chi connectivity index (χ2v) is 9.35. The molecule has 216 valence electrons. The summed E-state index contributed by atoms with van der Waals surface area (Å²) >= 11 is 1.72. The van der Waals surface area contributed by atoms with Crippen LogP contribution in [0.4, 0.5) is 26.3 Å². The van der Waals surface area contributed by atoms with Gasteiger partial charge in [0.1, 0.15) is 0 Å². The van der Waals surface area contributed by atoms with Gasteiger partial charge in [0.25, 0.3) is 5.91 Å². The lowest BCUT2D eigenvalue weighted by atomic mass is 9.93. The molecule has 0 spiro atoms. The normalized spacial score (nSPS) is 20.6. The Labute approximate surface area is 221 Å². The first-order chi connectivity index (χ1) is 18.1. The lowest BCUT2D eigenvalue weighted by molar-refractivity contribution is -0.193. The maximum absolute atomic E-state index is 12.2. The van der Waals surface area contributed by atoms with Gasteiger partial charge < -0.3 is 20.3 Å². The number of aliphatic carboxylic acids is 2. The van der Waals surface area contributed by atoms with Gasteiger partial charge in [0, 0.05) is 55.3 Å². The van der Waals surface area contributed by atoms with Gasteiger partial charge in [-0.15, -0.1) is 11.3 Å². The first-order valence-electron chi connectivity index (χ1n) is 11.1. The van der Waals surface area contributed by atoms with E-state index < -0.39 is 24.3 Å². The minimum absolute atomic E-state index is 0.0633. The first-order valence-corrected chi connectivity index (χ1v) is 12.0. The highest BCUT2D eigenvalue weighted by atomic mass is 32.1. The number of rotatable bonds is 5. The number of pyridine rings is 1. The van der Waals surface area contributed by atoms with Crippen molar-refractivity contribution in [2.75, 3.05) is 26.2 Å². The molecule has 2 aromatic rings. The van der Waals surface area contributed by atoms with Gasteiger partial charge in [-0.25, -0.2) is 14.6 Å². The summed E-state index contributed by atoms with van der Waals surface area (Å²) in [5.41, 5.74) is 3.64. The number of hydrogen-bond donors (Lipinski definition) is 3. The molecule has 0 aliphatic carbocycles. The van der Waals surface area contributed by atoms with Gasteiger partial charge >= 0.3 is 24.3 Å². The molecule has 17 heteroatoms. The van der Waals surface area contributed by atoms with Crippen molar-refractivity contribution in [1.29, 1.82) is 0 Å². The van der Waals surface area contributed by atoms with E-state index in [2.05, 4.69) is 27.1 Å². The fraction of sp³-hybridized carbons (Fsp3) is 0.500. The molecule has 1 amide bonds. The highest BCUT2D eigenvalue weighted by Gasteiger charge is 2.44. The number of nitrogens with one attached hydrogen (secondary N) is 1. The molecule has 2 aliphatic rings. The Balaban J connectivity index is 0.000000317. The number of halogens is 6. The van der Waals surface area contributed by atoms with E-state index in [9.17, 15) is 31.1 Å². The van der Waals surface area contributed by atoms with Crippen LogP contribution in [0.1, 0.15) is 20.9 Å². The zero-order valence-electron chi connectivity index (χ0n) is 20.2. The lowest BCUT2D eigenvalue weighted by Crippen LogP contribution is -2.34. The molecule has 39 heavy (non-hydrogen) atoms. The SMILES string of the molecule is Cc1ncsc1CN1C[C@@H]2[C@H](CNC(=O)c3cccnc3)CO[C@@H]2C1.O=C(O)C(F)(F)F.O=C(O)C(F)(F)F. The molecule has 0 saturated carbocycles. The number of thiazole rings is 1. The average Bonchev–Trinajstić information content (AvgIpc) is 3.54. The average molecular weight is 587 g/mol. The van der Waals surface area contributed by atoms with Gasteiger partial charge in [-0.3, -0.25) is 14.7 Å². The Hall–Kier alpha value is -3.31. The van der Waals surface area contributed by atoms with E-state index in [-0.39, 0.29) is 12.0 Å². The summed E-state index contributed by atoms with van der Waals surface area (Å²) in [5, 5.41) is 17.3. The lowest BCUT2D eigenvalue weighted by Gasteiger charge is -2.19. The maximum atomic E-state index is 12.2. The molecular weight excluding hydrogens is 562 g/mol. The minimum atomic E-state index is -5.08. The van der Waals surface area contributed by atoms with Crippen LogP contribution in [0.15, 0.2) is 30.0 Å². The molecule has 0 unspecified atom stereocenters. The number of carbonyl (C=O) groups excluding carboxylic acids is 1. The largest absolute Gasteiger partial charge is 0.490 e. The molecule has 3 N–H and O–H groups in total. The number of hydrogen-bond acceptors (Lipinski definition) is 8. The Morgan fingerprint density at radius 3 is 2.23 bits per heavy atom. The molecule has 0 aromatic carbocycles. The van der Waals surface area contributed by atoms with E-state index in [1.807, 2.05) is 5.51 Å². The quantitative estimate of drug-likeness (QED) is 0.451. The molecule has 4 rings (SSSR count). The zero-order valence-corrected chi connectivity index (χ0v) is 21.0. The second-order valence-electron chi connectivity index (χ2n) is 8.41. The van der Waals surface area contributed by atoms with Crippen molar-refractivity contribution in [1.82, 2.24) is 20.2 Å². The number of carboxylic acid groups (broad SMARTS) is 2. The Morgan fingerprint density at radius 2 is 1.74 bits per heavy atom. The number of carbonyl (C=O) groups is 3. The standard InChI is InChI=1S/C18H22N4O2S.2C2HF3O2/c1-12-17(25-11-21-12)9-22-7-15-14(10-24-16(15)8-22)6-20-18(23)13-3-2-4-19-5-13;2*3-2(4,5)1(6)7/h2-5,11,14-16H,6-10H2,1H3,(H,20,23);2*(H,6,7)/t14-,15-,16-;;/m1../s1. The van der Waals surface area contributed by atoms with Crippen molar-refractivity contribution in [3.05, 3.63) is 46.2 Å². The van der Waals surface area contributed by atoms with E-state index in [1.54, 1.807) is 35.9 Å². The molecule has 2 aliphatic heterocycles. The molecule has 0 bridgehead atoms. The van der Waals surface area contributed by atoms with E-state index in [1.165, 1.54) is 4.88 Å². The van der Waals surface area contributed by atoms with Crippen molar-refractivity contribution in [3.8, 4) is 0 Å². The van der Waals surface area contributed by atoms with Crippen LogP contribution in [0.25, 0.3) is 0 Å².